The second-order valence-corrected chi connectivity index (χ2v) is 10.8. The van der Waals surface area contributed by atoms with Crippen LogP contribution < -0.4 is 23.8 Å². The molecular weight excluding hydrogens is 540 g/mol. The quantitative estimate of drug-likeness (QED) is 0.242. The molecule has 0 spiro atoms. The summed E-state index contributed by atoms with van der Waals surface area (Å²) >= 11 is 6.19. The topological polar surface area (TPSA) is 94.2 Å². The molecule has 0 unspecified atom stereocenters. The lowest BCUT2D eigenvalue weighted by Crippen LogP contribution is -2.38. The van der Waals surface area contributed by atoms with Gasteiger partial charge in [-0.2, -0.15) is 0 Å². The number of ether oxygens (including phenoxy) is 3. The molecule has 0 aliphatic carbocycles. The number of rotatable bonds is 10. The average molecular weight is 567 g/mol. The number of carbonyl (C=O) groups excluding carboxylic acids is 1. The van der Waals surface area contributed by atoms with E-state index in [4.69, 9.17) is 25.8 Å². The zero-order chi connectivity index (χ0) is 28.0. The number of benzene rings is 4. The maximum Gasteiger partial charge on any atom is 0.264 e. The molecule has 0 bridgehead atoms. The molecule has 4 aromatic rings. The first-order valence-corrected chi connectivity index (χ1v) is 13.7. The van der Waals surface area contributed by atoms with Crippen molar-refractivity contribution in [2.45, 2.75) is 11.8 Å². The van der Waals surface area contributed by atoms with Gasteiger partial charge in [-0.1, -0.05) is 47.5 Å². The van der Waals surface area contributed by atoms with Crippen LogP contribution in [0.4, 0.5) is 11.4 Å². The van der Waals surface area contributed by atoms with Gasteiger partial charge in [-0.25, -0.2) is 8.42 Å². The number of methoxy groups -OCH3 is 2. The lowest BCUT2D eigenvalue weighted by atomic mass is 10.2. The zero-order valence-corrected chi connectivity index (χ0v) is 23.1. The molecule has 4 aromatic carbocycles. The average Bonchev–Trinajstić information content (AvgIpc) is 2.94. The Morgan fingerprint density at radius 1 is 0.846 bits per heavy atom. The smallest absolute Gasteiger partial charge is 0.264 e. The molecule has 4 rings (SSSR count). The van der Waals surface area contributed by atoms with Gasteiger partial charge < -0.3 is 19.5 Å². The lowest BCUT2D eigenvalue weighted by Gasteiger charge is -2.25. The predicted octanol–water partition coefficient (Wildman–Crippen LogP) is 6.29. The van der Waals surface area contributed by atoms with E-state index >= 15 is 0 Å². The number of anilines is 2. The van der Waals surface area contributed by atoms with Crippen LogP contribution in [-0.2, 0) is 14.8 Å². The number of amides is 1. The Bertz CT molecular complexity index is 1560. The Morgan fingerprint density at radius 2 is 1.51 bits per heavy atom. The van der Waals surface area contributed by atoms with Gasteiger partial charge in [0.1, 0.15) is 12.3 Å². The largest absolute Gasteiger partial charge is 0.493 e. The van der Waals surface area contributed by atoms with Crippen LogP contribution in [0.5, 0.6) is 23.0 Å². The van der Waals surface area contributed by atoms with Crippen molar-refractivity contribution >= 4 is 38.9 Å². The SMILES string of the molecule is COc1ccc(S(=O)(=O)N(CC(=O)Nc2cc(Cl)ccc2Oc2ccccc2)c2ccc(C)cc2)cc1OC. The Morgan fingerprint density at radius 3 is 2.18 bits per heavy atom. The highest BCUT2D eigenvalue weighted by atomic mass is 35.5. The highest BCUT2D eigenvalue weighted by molar-refractivity contribution is 7.92. The number of aryl methyl sites for hydroxylation is 1. The zero-order valence-electron chi connectivity index (χ0n) is 21.6. The van der Waals surface area contributed by atoms with E-state index < -0.39 is 22.5 Å². The molecule has 0 saturated carbocycles. The minimum Gasteiger partial charge on any atom is -0.493 e. The summed E-state index contributed by atoms with van der Waals surface area (Å²) in [6.07, 6.45) is 0. The molecule has 0 saturated heterocycles. The summed E-state index contributed by atoms with van der Waals surface area (Å²) in [4.78, 5) is 13.3. The van der Waals surface area contributed by atoms with Crippen LogP contribution in [0.2, 0.25) is 5.02 Å². The lowest BCUT2D eigenvalue weighted by molar-refractivity contribution is -0.114. The highest BCUT2D eigenvalue weighted by Crippen LogP contribution is 2.34. The maximum absolute atomic E-state index is 13.8. The molecule has 0 aliphatic rings. The Hall–Kier alpha value is -4.21. The maximum atomic E-state index is 13.8. The molecule has 1 N–H and O–H groups in total. The molecule has 202 valence electrons. The molecule has 0 aliphatic heterocycles. The van der Waals surface area contributed by atoms with Gasteiger partial charge in [0.2, 0.25) is 5.91 Å². The van der Waals surface area contributed by atoms with E-state index in [2.05, 4.69) is 5.32 Å². The van der Waals surface area contributed by atoms with E-state index in [-0.39, 0.29) is 10.6 Å². The van der Waals surface area contributed by atoms with Crippen molar-refractivity contribution in [1.82, 2.24) is 0 Å². The standard InChI is InChI=1S/C29H27ClN2O6S/c1-20-9-12-22(13-10-20)32(39(34,35)24-14-16-27(36-2)28(18-24)37-3)19-29(33)31-25-17-21(30)11-15-26(25)38-23-7-5-4-6-8-23/h4-18H,19H2,1-3H3,(H,31,33). The van der Waals surface area contributed by atoms with Crippen molar-refractivity contribution < 1.29 is 27.4 Å². The van der Waals surface area contributed by atoms with Gasteiger partial charge in [-0.05, 0) is 61.5 Å². The second kappa shape index (κ2) is 12.1. The van der Waals surface area contributed by atoms with E-state index in [0.717, 1.165) is 9.87 Å². The number of carbonyl (C=O) groups is 1. The monoisotopic (exact) mass is 566 g/mol. The van der Waals surface area contributed by atoms with Crippen molar-refractivity contribution in [2.75, 3.05) is 30.4 Å². The molecular formula is C29H27ClN2O6S. The van der Waals surface area contributed by atoms with Crippen LogP contribution in [0.15, 0.2) is 95.9 Å². The molecule has 1 amide bonds. The second-order valence-electron chi connectivity index (χ2n) is 8.47. The predicted molar refractivity (Wildman–Crippen MR) is 152 cm³/mol. The number of para-hydroxylation sites is 1. The van der Waals surface area contributed by atoms with E-state index in [1.165, 1.54) is 38.5 Å². The fourth-order valence-electron chi connectivity index (χ4n) is 3.75. The number of nitrogens with one attached hydrogen (secondary N) is 1. The summed E-state index contributed by atoms with van der Waals surface area (Å²) < 4.78 is 45.2. The van der Waals surface area contributed by atoms with Gasteiger partial charge in [0.15, 0.2) is 17.2 Å². The van der Waals surface area contributed by atoms with Crippen molar-refractivity contribution in [1.29, 1.82) is 0 Å². The normalized spacial score (nSPS) is 11.0. The molecule has 0 fully saturated rings. The molecule has 0 heterocycles. The number of nitrogens with zero attached hydrogens (tertiary/aromatic N) is 1. The molecule has 8 nitrogen and oxygen atoms in total. The van der Waals surface area contributed by atoms with Crippen molar-refractivity contribution in [3.8, 4) is 23.0 Å². The van der Waals surface area contributed by atoms with Crippen molar-refractivity contribution in [2.24, 2.45) is 0 Å². The van der Waals surface area contributed by atoms with Gasteiger partial charge in [-0.3, -0.25) is 9.10 Å². The van der Waals surface area contributed by atoms with Crippen LogP contribution in [0.1, 0.15) is 5.56 Å². The van der Waals surface area contributed by atoms with Gasteiger partial charge in [0.05, 0.1) is 30.5 Å². The number of hydrogen-bond acceptors (Lipinski definition) is 6. The number of sulfonamides is 1. The van der Waals surface area contributed by atoms with Gasteiger partial charge in [0, 0.05) is 11.1 Å². The molecule has 10 heteroatoms. The first kappa shape index (κ1) is 27.8. The third-order valence-corrected chi connectivity index (χ3v) is 7.74. The van der Waals surface area contributed by atoms with Crippen LogP contribution in [0.25, 0.3) is 0 Å². The number of hydrogen-bond donors (Lipinski definition) is 1. The van der Waals surface area contributed by atoms with Gasteiger partial charge in [0.25, 0.3) is 10.0 Å². The fourth-order valence-corrected chi connectivity index (χ4v) is 5.36. The Balaban J connectivity index is 1.67. The van der Waals surface area contributed by atoms with Gasteiger partial charge in [-0.15, -0.1) is 0 Å². The van der Waals surface area contributed by atoms with Crippen LogP contribution in [0.3, 0.4) is 0 Å². The van der Waals surface area contributed by atoms with Gasteiger partial charge >= 0.3 is 0 Å². The Labute approximate surface area is 232 Å². The summed E-state index contributed by atoms with van der Waals surface area (Å²) in [6.45, 7) is 1.37. The third kappa shape index (κ3) is 6.63. The summed E-state index contributed by atoms with van der Waals surface area (Å²) in [6, 6.07) is 24.9. The van der Waals surface area contributed by atoms with E-state index in [1.54, 1.807) is 48.5 Å². The van der Waals surface area contributed by atoms with E-state index in [1.807, 2.05) is 25.1 Å². The van der Waals surface area contributed by atoms with E-state index in [9.17, 15) is 13.2 Å². The first-order chi connectivity index (χ1) is 18.7. The Kier molecular flexibility index (Phi) is 8.63. The van der Waals surface area contributed by atoms with Crippen LogP contribution in [0, 0.1) is 6.92 Å². The molecule has 0 atom stereocenters. The minimum absolute atomic E-state index is 0.0654. The summed E-state index contributed by atoms with van der Waals surface area (Å²) in [5, 5.41) is 3.12. The minimum atomic E-state index is -4.20. The summed E-state index contributed by atoms with van der Waals surface area (Å²) in [5.74, 6) is 0.938. The van der Waals surface area contributed by atoms with E-state index in [0.29, 0.717) is 33.6 Å². The summed E-state index contributed by atoms with van der Waals surface area (Å²) in [5.41, 5.74) is 1.55. The van der Waals surface area contributed by atoms with Crippen molar-refractivity contribution in [3.63, 3.8) is 0 Å². The van der Waals surface area contributed by atoms with Crippen LogP contribution in [-0.4, -0.2) is 35.1 Å². The first-order valence-electron chi connectivity index (χ1n) is 11.8. The molecule has 0 aromatic heterocycles. The fraction of sp³-hybridized carbons (Fsp3) is 0.138. The summed E-state index contributed by atoms with van der Waals surface area (Å²) in [7, 11) is -1.32. The third-order valence-electron chi connectivity index (χ3n) is 5.74. The molecule has 0 radical (unpaired) electrons. The molecule has 39 heavy (non-hydrogen) atoms. The highest BCUT2D eigenvalue weighted by Gasteiger charge is 2.29. The van der Waals surface area contributed by atoms with Crippen molar-refractivity contribution in [3.05, 3.63) is 102 Å². The van der Waals surface area contributed by atoms with Crippen LogP contribution >= 0.6 is 11.6 Å². The number of halogens is 1.